The van der Waals surface area contributed by atoms with Crippen molar-refractivity contribution in [2.45, 2.75) is 45.9 Å². The zero-order valence-electron chi connectivity index (χ0n) is 12.8. The molecular weight excluding hydrogens is 292 g/mol. The van der Waals surface area contributed by atoms with E-state index in [2.05, 4.69) is 10.5 Å². The Bertz CT molecular complexity index is 480. The van der Waals surface area contributed by atoms with Crippen molar-refractivity contribution in [3.8, 4) is 0 Å². The third kappa shape index (κ3) is 5.79. The van der Waals surface area contributed by atoms with E-state index in [1.807, 2.05) is 27.7 Å². The number of aromatic nitrogens is 1. The Morgan fingerprint density at radius 2 is 2.05 bits per heavy atom. The molecule has 1 heterocycles. The maximum atomic E-state index is 11.9. The molecule has 118 valence electrons. The van der Waals surface area contributed by atoms with E-state index in [1.54, 1.807) is 0 Å². The van der Waals surface area contributed by atoms with E-state index in [1.165, 1.54) is 11.8 Å². The summed E-state index contributed by atoms with van der Waals surface area (Å²) in [5.41, 5.74) is 1.85. The Morgan fingerprint density at radius 3 is 2.52 bits per heavy atom. The molecule has 1 unspecified atom stereocenters. The van der Waals surface area contributed by atoms with E-state index in [4.69, 9.17) is 9.63 Å². The Balaban J connectivity index is 2.41. The van der Waals surface area contributed by atoms with Crippen molar-refractivity contribution in [1.29, 1.82) is 0 Å². The first-order valence-corrected chi connectivity index (χ1v) is 7.97. The first-order valence-electron chi connectivity index (χ1n) is 6.82. The van der Waals surface area contributed by atoms with Gasteiger partial charge in [0.1, 0.15) is 5.76 Å². The van der Waals surface area contributed by atoms with Crippen molar-refractivity contribution >= 4 is 23.6 Å². The number of carbonyl (C=O) groups excluding carboxylic acids is 1. The summed E-state index contributed by atoms with van der Waals surface area (Å²) in [5.74, 6) is 0.736. The molecule has 0 spiro atoms. The molecular formula is C14H22N2O4S. The minimum atomic E-state index is -0.905. The number of carboxylic acid groups (broad SMARTS) is 1. The smallest absolute Gasteiger partial charge is 0.305 e. The van der Waals surface area contributed by atoms with E-state index in [0.29, 0.717) is 5.75 Å². The molecule has 21 heavy (non-hydrogen) atoms. The van der Waals surface area contributed by atoms with Gasteiger partial charge in [0.15, 0.2) is 0 Å². The minimum absolute atomic E-state index is 0.0576. The van der Waals surface area contributed by atoms with Crippen LogP contribution in [0.1, 0.15) is 37.3 Å². The molecule has 0 aliphatic heterocycles. The molecule has 0 aliphatic carbocycles. The molecule has 1 amide bonds. The molecule has 1 aromatic rings. The first kappa shape index (κ1) is 17.6. The van der Waals surface area contributed by atoms with Crippen molar-refractivity contribution < 1.29 is 19.2 Å². The molecule has 0 radical (unpaired) electrons. The molecule has 1 atom stereocenters. The Labute approximate surface area is 128 Å². The SMILES string of the molecule is Cc1noc(C)c1CSCC(=O)NC(CC(=O)O)C(C)C. The summed E-state index contributed by atoms with van der Waals surface area (Å²) in [6.07, 6.45) is -0.0576. The Hall–Kier alpha value is -1.50. The van der Waals surface area contributed by atoms with Crippen LogP contribution in [0.15, 0.2) is 4.52 Å². The van der Waals surface area contributed by atoms with Crippen LogP contribution in [0.5, 0.6) is 0 Å². The number of aryl methyl sites for hydroxylation is 2. The molecule has 0 saturated heterocycles. The normalized spacial score (nSPS) is 12.4. The molecule has 0 bridgehead atoms. The maximum absolute atomic E-state index is 11.9. The second kappa shape index (κ2) is 8.07. The lowest BCUT2D eigenvalue weighted by Crippen LogP contribution is -2.41. The zero-order chi connectivity index (χ0) is 16.0. The van der Waals surface area contributed by atoms with Crippen molar-refractivity contribution in [3.05, 3.63) is 17.0 Å². The number of thioether (sulfide) groups is 1. The van der Waals surface area contributed by atoms with E-state index >= 15 is 0 Å². The van der Waals surface area contributed by atoms with Gasteiger partial charge in [0.05, 0.1) is 17.9 Å². The molecule has 0 fully saturated rings. The summed E-state index contributed by atoms with van der Waals surface area (Å²) in [4.78, 5) is 22.6. The van der Waals surface area contributed by atoms with Crippen LogP contribution >= 0.6 is 11.8 Å². The van der Waals surface area contributed by atoms with Gasteiger partial charge in [0.25, 0.3) is 0 Å². The van der Waals surface area contributed by atoms with Gasteiger partial charge < -0.3 is 14.9 Å². The van der Waals surface area contributed by atoms with Gasteiger partial charge in [-0.25, -0.2) is 0 Å². The highest BCUT2D eigenvalue weighted by atomic mass is 32.2. The molecule has 0 aliphatic rings. The lowest BCUT2D eigenvalue weighted by molar-refractivity contribution is -0.138. The number of aliphatic carboxylic acids is 1. The lowest BCUT2D eigenvalue weighted by Gasteiger charge is -2.20. The van der Waals surface area contributed by atoms with Crippen LogP contribution in [0, 0.1) is 19.8 Å². The average molecular weight is 314 g/mol. The van der Waals surface area contributed by atoms with Gasteiger partial charge in [-0.3, -0.25) is 9.59 Å². The van der Waals surface area contributed by atoms with E-state index < -0.39 is 5.97 Å². The summed E-state index contributed by atoms with van der Waals surface area (Å²) in [6.45, 7) is 7.50. The highest BCUT2D eigenvalue weighted by Crippen LogP contribution is 2.19. The van der Waals surface area contributed by atoms with E-state index in [9.17, 15) is 9.59 Å². The van der Waals surface area contributed by atoms with Crippen LogP contribution in [0.4, 0.5) is 0 Å². The minimum Gasteiger partial charge on any atom is -0.481 e. The van der Waals surface area contributed by atoms with Gasteiger partial charge in [-0.15, -0.1) is 11.8 Å². The van der Waals surface area contributed by atoms with E-state index in [0.717, 1.165) is 17.0 Å². The highest BCUT2D eigenvalue weighted by molar-refractivity contribution is 7.99. The predicted octanol–water partition coefficient (Wildman–Crippen LogP) is 2.14. The third-order valence-electron chi connectivity index (χ3n) is 3.21. The number of carboxylic acids is 1. The zero-order valence-corrected chi connectivity index (χ0v) is 13.6. The number of hydrogen-bond donors (Lipinski definition) is 2. The summed E-state index contributed by atoms with van der Waals surface area (Å²) < 4.78 is 5.06. The average Bonchev–Trinajstić information content (AvgIpc) is 2.69. The molecule has 0 saturated carbocycles. The molecule has 6 nitrogen and oxygen atoms in total. The highest BCUT2D eigenvalue weighted by Gasteiger charge is 2.19. The van der Waals surface area contributed by atoms with Crippen LogP contribution in [0.25, 0.3) is 0 Å². The van der Waals surface area contributed by atoms with Crippen molar-refractivity contribution in [1.82, 2.24) is 10.5 Å². The lowest BCUT2D eigenvalue weighted by atomic mass is 10.0. The first-order chi connectivity index (χ1) is 9.81. The number of nitrogens with one attached hydrogen (secondary N) is 1. The van der Waals surface area contributed by atoms with Gasteiger partial charge in [-0.2, -0.15) is 0 Å². The van der Waals surface area contributed by atoms with E-state index in [-0.39, 0.29) is 30.0 Å². The fourth-order valence-corrected chi connectivity index (χ4v) is 2.83. The van der Waals surface area contributed by atoms with Crippen molar-refractivity contribution in [3.63, 3.8) is 0 Å². The summed E-state index contributed by atoms with van der Waals surface area (Å²) >= 11 is 1.46. The maximum Gasteiger partial charge on any atom is 0.305 e. The Kier molecular flexibility index (Phi) is 6.74. The fourth-order valence-electron chi connectivity index (χ4n) is 1.84. The van der Waals surface area contributed by atoms with Crippen LogP contribution in [-0.2, 0) is 15.3 Å². The number of hydrogen-bond acceptors (Lipinski definition) is 5. The second-order valence-corrected chi connectivity index (χ2v) is 6.30. The third-order valence-corrected chi connectivity index (χ3v) is 4.17. The quantitative estimate of drug-likeness (QED) is 0.763. The number of rotatable bonds is 8. The van der Waals surface area contributed by atoms with Crippen LogP contribution < -0.4 is 5.32 Å². The summed E-state index contributed by atoms with van der Waals surface area (Å²) in [7, 11) is 0. The predicted molar refractivity (Wildman–Crippen MR) is 81.2 cm³/mol. The topological polar surface area (TPSA) is 92.4 Å². The van der Waals surface area contributed by atoms with Gasteiger partial charge in [-0.05, 0) is 19.8 Å². The van der Waals surface area contributed by atoms with Crippen LogP contribution in [0.2, 0.25) is 0 Å². The van der Waals surface area contributed by atoms with Gasteiger partial charge in [0.2, 0.25) is 5.91 Å². The number of carbonyl (C=O) groups is 2. The largest absolute Gasteiger partial charge is 0.481 e. The second-order valence-electron chi connectivity index (χ2n) is 5.31. The van der Waals surface area contributed by atoms with Gasteiger partial charge in [0, 0.05) is 17.4 Å². The standard InChI is InChI=1S/C14H22N2O4S/c1-8(2)12(5-14(18)19)15-13(17)7-21-6-11-9(3)16-20-10(11)4/h8,12H,5-7H2,1-4H3,(H,15,17)(H,18,19). The molecule has 1 rings (SSSR count). The molecule has 0 aromatic carbocycles. The van der Waals surface area contributed by atoms with Crippen LogP contribution in [-0.4, -0.2) is 33.9 Å². The summed E-state index contributed by atoms with van der Waals surface area (Å²) in [5, 5.41) is 15.5. The summed E-state index contributed by atoms with van der Waals surface area (Å²) in [6, 6.07) is -0.338. The van der Waals surface area contributed by atoms with Crippen molar-refractivity contribution in [2.24, 2.45) is 5.92 Å². The molecule has 7 heteroatoms. The number of nitrogens with zero attached hydrogens (tertiary/aromatic N) is 1. The van der Waals surface area contributed by atoms with Crippen LogP contribution in [0.3, 0.4) is 0 Å². The van der Waals surface area contributed by atoms with Gasteiger partial charge in [-0.1, -0.05) is 19.0 Å². The van der Waals surface area contributed by atoms with Crippen molar-refractivity contribution in [2.75, 3.05) is 5.75 Å². The molecule has 1 aromatic heterocycles. The molecule has 2 N–H and O–H groups in total. The fraction of sp³-hybridized carbons (Fsp3) is 0.643. The number of amides is 1. The van der Waals surface area contributed by atoms with Gasteiger partial charge >= 0.3 is 5.97 Å². The Morgan fingerprint density at radius 1 is 1.38 bits per heavy atom. The monoisotopic (exact) mass is 314 g/mol.